The largest absolute Gasteiger partial charge is 0.494 e. The lowest BCUT2D eigenvalue weighted by molar-refractivity contribution is 0.386. The molecule has 5 rings (SSSR count). The highest BCUT2D eigenvalue weighted by molar-refractivity contribution is 5.95. The molecule has 1 saturated carbocycles. The summed E-state index contributed by atoms with van der Waals surface area (Å²) in [5.41, 5.74) is 3.10. The van der Waals surface area contributed by atoms with Crippen molar-refractivity contribution in [3.8, 4) is 17.3 Å². The highest BCUT2D eigenvalue weighted by Crippen LogP contribution is 2.56. The summed E-state index contributed by atoms with van der Waals surface area (Å²) in [6, 6.07) is 15.2. The number of hydrogen-bond donors (Lipinski definition) is 0. The summed E-state index contributed by atoms with van der Waals surface area (Å²) in [4.78, 5) is 13.4. The topological polar surface area (TPSA) is 47.9 Å². The molecule has 0 radical (unpaired) electrons. The molecule has 0 saturated heterocycles. The minimum atomic E-state index is -0.331. The van der Waals surface area contributed by atoms with Crippen LogP contribution in [-0.2, 0) is 0 Å². The van der Waals surface area contributed by atoms with Crippen LogP contribution in [0.3, 0.4) is 0 Å². The Bertz CT molecular complexity index is 1160. The lowest BCUT2D eigenvalue weighted by Crippen LogP contribution is -1.96. The molecule has 138 valence electrons. The number of halogens is 1. The third-order valence-corrected chi connectivity index (χ3v) is 5.40. The van der Waals surface area contributed by atoms with Crippen molar-refractivity contribution in [2.24, 2.45) is 0 Å². The maximum Gasteiger partial charge on any atom is 0.178 e. The van der Waals surface area contributed by atoms with E-state index in [-0.39, 0.29) is 5.82 Å². The normalized spacial score (nSPS) is 18.2. The van der Waals surface area contributed by atoms with Gasteiger partial charge in [0.05, 0.1) is 7.11 Å². The van der Waals surface area contributed by atoms with E-state index >= 15 is 0 Å². The molecule has 2 aromatic heterocycles. The first-order chi connectivity index (χ1) is 13.8. The number of benzene rings is 2. The second kappa shape index (κ2) is 6.68. The molecule has 0 N–H and O–H groups in total. The number of rotatable bonds is 4. The van der Waals surface area contributed by atoms with E-state index in [0.29, 0.717) is 23.4 Å². The van der Waals surface area contributed by atoms with Crippen molar-refractivity contribution >= 4 is 10.8 Å². The average molecular weight is 371 g/mol. The predicted molar refractivity (Wildman–Crippen MR) is 106 cm³/mol. The number of ether oxygens (including phenoxy) is 1. The van der Waals surface area contributed by atoms with Crippen molar-refractivity contribution in [1.82, 2.24) is 15.0 Å². The van der Waals surface area contributed by atoms with Crippen LogP contribution in [0.25, 0.3) is 22.3 Å². The van der Waals surface area contributed by atoms with Gasteiger partial charge in [-0.1, -0.05) is 30.3 Å². The molecule has 2 heterocycles. The molecule has 5 heteroatoms. The van der Waals surface area contributed by atoms with Gasteiger partial charge in [-0.25, -0.2) is 14.4 Å². The van der Waals surface area contributed by atoms with Crippen LogP contribution in [0.15, 0.2) is 67.1 Å². The third kappa shape index (κ3) is 2.80. The van der Waals surface area contributed by atoms with Gasteiger partial charge < -0.3 is 4.74 Å². The predicted octanol–water partition coefficient (Wildman–Crippen LogP) is 5.11. The third-order valence-electron chi connectivity index (χ3n) is 5.40. The first-order valence-electron chi connectivity index (χ1n) is 9.24. The van der Waals surface area contributed by atoms with E-state index in [9.17, 15) is 4.39 Å². The molecule has 1 aliphatic rings. The lowest BCUT2D eigenvalue weighted by atomic mass is 9.99. The van der Waals surface area contributed by atoms with Gasteiger partial charge in [-0.2, -0.15) is 0 Å². The zero-order chi connectivity index (χ0) is 19.1. The Hall–Kier alpha value is -3.34. The fourth-order valence-corrected chi connectivity index (χ4v) is 3.92. The molecule has 0 bridgehead atoms. The molecule has 0 spiro atoms. The quantitative estimate of drug-likeness (QED) is 0.500. The Morgan fingerprint density at radius 3 is 2.50 bits per heavy atom. The summed E-state index contributed by atoms with van der Waals surface area (Å²) in [7, 11) is 1.49. The van der Waals surface area contributed by atoms with Crippen LogP contribution in [-0.4, -0.2) is 22.1 Å². The van der Waals surface area contributed by atoms with E-state index in [0.717, 1.165) is 23.1 Å². The molecule has 0 unspecified atom stereocenters. The van der Waals surface area contributed by atoms with Crippen LogP contribution in [0.1, 0.15) is 29.4 Å². The van der Waals surface area contributed by atoms with Gasteiger partial charge in [0.2, 0.25) is 0 Å². The molecule has 2 atom stereocenters. The SMILES string of the molecule is COc1cc([C@@H]2C[C@H]2c2cnc(-c3ncccn3)c3ccccc23)ccc1F. The van der Waals surface area contributed by atoms with Gasteiger partial charge in [-0.3, -0.25) is 4.98 Å². The number of pyridine rings is 1. The highest BCUT2D eigenvalue weighted by Gasteiger charge is 2.41. The Balaban J connectivity index is 1.55. The van der Waals surface area contributed by atoms with E-state index in [1.54, 1.807) is 18.5 Å². The van der Waals surface area contributed by atoms with Crippen molar-refractivity contribution < 1.29 is 9.13 Å². The molecule has 1 fully saturated rings. The first-order valence-corrected chi connectivity index (χ1v) is 9.24. The smallest absolute Gasteiger partial charge is 0.178 e. The molecule has 1 aliphatic carbocycles. The number of fused-ring (bicyclic) bond motifs is 1. The van der Waals surface area contributed by atoms with Crippen LogP contribution < -0.4 is 4.74 Å². The Kier molecular flexibility index (Phi) is 4.01. The van der Waals surface area contributed by atoms with Gasteiger partial charge in [0.15, 0.2) is 17.4 Å². The van der Waals surface area contributed by atoms with Gasteiger partial charge >= 0.3 is 0 Å². The molecule has 0 amide bonds. The summed E-state index contributed by atoms with van der Waals surface area (Å²) in [6.07, 6.45) is 6.41. The van der Waals surface area contributed by atoms with Crippen LogP contribution in [0.5, 0.6) is 5.75 Å². The van der Waals surface area contributed by atoms with Crippen molar-refractivity contribution in [2.45, 2.75) is 18.3 Å². The lowest BCUT2D eigenvalue weighted by Gasteiger charge is -2.10. The summed E-state index contributed by atoms with van der Waals surface area (Å²) in [5.74, 6) is 1.29. The van der Waals surface area contributed by atoms with Crippen LogP contribution in [0, 0.1) is 5.82 Å². The van der Waals surface area contributed by atoms with E-state index in [1.165, 1.54) is 24.1 Å². The van der Waals surface area contributed by atoms with Crippen LogP contribution in [0.2, 0.25) is 0 Å². The van der Waals surface area contributed by atoms with Gasteiger partial charge in [0.25, 0.3) is 0 Å². The highest BCUT2D eigenvalue weighted by atomic mass is 19.1. The standard InChI is InChI=1S/C23H18FN3O/c1-28-21-11-14(7-8-20(21)24)17-12-18(17)19-13-27-22(23-25-9-4-10-26-23)16-6-3-2-5-15(16)19/h2-11,13,17-18H,12H2,1H3/t17-,18+/m0/s1. The number of nitrogens with zero attached hydrogens (tertiary/aromatic N) is 3. The van der Waals surface area contributed by atoms with Gasteiger partial charge in [-0.15, -0.1) is 0 Å². The minimum Gasteiger partial charge on any atom is -0.494 e. The summed E-state index contributed by atoms with van der Waals surface area (Å²) >= 11 is 0. The molecule has 0 aliphatic heterocycles. The van der Waals surface area contributed by atoms with Gasteiger partial charge in [0.1, 0.15) is 5.69 Å². The van der Waals surface area contributed by atoms with Crippen molar-refractivity contribution in [3.05, 3.63) is 84.1 Å². The summed E-state index contributed by atoms with van der Waals surface area (Å²) in [6.45, 7) is 0. The number of methoxy groups -OCH3 is 1. The van der Waals surface area contributed by atoms with Gasteiger partial charge in [-0.05, 0) is 53.0 Å². The monoisotopic (exact) mass is 371 g/mol. The maximum atomic E-state index is 13.7. The minimum absolute atomic E-state index is 0.294. The average Bonchev–Trinajstić information content (AvgIpc) is 3.54. The van der Waals surface area contributed by atoms with E-state index in [4.69, 9.17) is 9.72 Å². The van der Waals surface area contributed by atoms with Crippen LogP contribution >= 0.6 is 0 Å². The zero-order valence-corrected chi connectivity index (χ0v) is 15.3. The van der Waals surface area contributed by atoms with E-state index in [1.807, 2.05) is 30.5 Å². The molecular weight excluding hydrogens is 353 g/mol. The second-order valence-corrected chi connectivity index (χ2v) is 7.02. The first kappa shape index (κ1) is 16.8. The molecule has 4 nitrogen and oxygen atoms in total. The Morgan fingerprint density at radius 1 is 0.929 bits per heavy atom. The Labute approximate surface area is 162 Å². The van der Waals surface area contributed by atoms with E-state index < -0.39 is 0 Å². The van der Waals surface area contributed by atoms with Crippen molar-refractivity contribution in [1.29, 1.82) is 0 Å². The van der Waals surface area contributed by atoms with Crippen molar-refractivity contribution in [2.75, 3.05) is 7.11 Å². The fraction of sp³-hybridized carbons (Fsp3) is 0.174. The molecule has 4 aromatic rings. The van der Waals surface area contributed by atoms with Gasteiger partial charge in [0, 0.05) is 24.0 Å². The van der Waals surface area contributed by atoms with E-state index in [2.05, 4.69) is 22.1 Å². The fourth-order valence-electron chi connectivity index (χ4n) is 3.92. The number of hydrogen-bond acceptors (Lipinski definition) is 4. The number of aromatic nitrogens is 3. The van der Waals surface area contributed by atoms with Crippen molar-refractivity contribution in [3.63, 3.8) is 0 Å². The summed E-state index contributed by atoms with van der Waals surface area (Å²) in [5, 5.41) is 2.22. The molecule has 2 aromatic carbocycles. The Morgan fingerprint density at radius 2 is 1.71 bits per heavy atom. The van der Waals surface area contributed by atoms with Crippen LogP contribution in [0.4, 0.5) is 4.39 Å². The maximum absolute atomic E-state index is 13.7. The molecule has 28 heavy (non-hydrogen) atoms. The zero-order valence-electron chi connectivity index (χ0n) is 15.3. The second-order valence-electron chi connectivity index (χ2n) is 7.02. The summed E-state index contributed by atoms with van der Waals surface area (Å²) < 4.78 is 18.9. The molecular formula is C23H18FN3O.